The molecule has 0 bridgehead atoms. The van der Waals surface area contributed by atoms with Gasteiger partial charge in [-0.15, -0.1) is 0 Å². The highest BCUT2D eigenvalue weighted by Gasteiger charge is 2.26. The molecule has 0 saturated carbocycles. The van der Waals surface area contributed by atoms with Crippen molar-refractivity contribution in [2.24, 2.45) is 5.92 Å². The second kappa shape index (κ2) is 7.26. The van der Waals surface area contributed by atoms with E-state index in [0.29, 0.717) is 16.0 Å². The minimum atomic E-state index is 0.150. The van der Waals surface area contributed by atoms with Crippen molar-refractivity contribution in [3.05, 3.63) is 27.7 Å². The van der Waals surface area contributed by atoms with Gasteiger partial charge in [-0.3, -0.25) is 4.90 Å². The summed E-state index contributed by atoms with van der Waals surface area (Å²) in [5, 5.41) is 23.0. The molecule has 1 aliphatic heterocycles. The molecule has 1 atom stereocenters. The van der Waals surface area contributed by atoms with Crippen LogP contribution in [0.5, 0.6) is 5.75 Å². The van der Waals surface area contributed by atoms with Gasteiger partial charge in [0.1, 0.15) is 5.75 Å². The van der Waals surface area contributed by atoms with Crippen LogP contribution in [0, 0.1) is 17.2 Å². The topological polar surface area (TPSA) is 59.3 Å². The number of benzene rings is 1. The number of hydrogen-bond donors (Lipinski definition) is 2. The number of nitrogens with zero attached hydrogens (tertiary/aromatic N) is 2. The molecule has 1 fully saturated rings. The lowest BCUT2D eigenvalue weighted by Crippen LogP contribution is -2.45. The number of nitriles is 1. The van der Waals surface area contributed by atoms with Crippen molar-refractivity contribution >= 4 is 15.9 Å². The molecule has 0 amide bonds. The molecule has 0 radical (unpaired) electrons. The van der Waals surface area contributed by atoms with Gasteiger partial charge in [-0.1, -0.05) is 13.8 Å². The van der Waals surface area contributed by atoms with Crippen LogP contribution in [0.1, 0.15) is 37.4 Å². The maximum absolute atomic E-state index is 10.4. The Morgan fingerprint density at radius 3 is 2.62 bits per heavy atom. The number of phenolic OH excluding ortho intramolecular Hbond substituents is 1. The van der Waals surface area contributed by atoms with Gasteiger partial charge < -0.3 is 10.4 Å². The highest BCUT2D eigenvalue weighted by Crippen LogP contribution is 2.38. The Balaban J connectivity index is 2.40. The van der Waals surface area contributed by atoms with Gasteiger partial charge in [-0.2, -0.15) is 5.26 Å². The van der Waals surface area contributed by atoms with Gasteiger partial charge >= 0.3 is 0 Å². The first kappa shape index (κ1) is 16.3. The van der Waals surface area contributed by atoms with Crippen LogP contribution in [0.25, 0.3) is 0 Å². The zero-order valence-corrected chi connectivity index (χ0v) is 14.2. The second-order valence-corrected chi connectivity index (χ2v) is 6.79. The molecule has 1 saturated heterocycles. The monoisotopic (exact) mass is 351 g/mol. The number of aromatic hydroxyl groups is 1. The first-order valence-electron chi connectivity index (χ1n) is 7.40. The van der Waals surface area contributed by atoms with E-state index in [2.05, 4.69) is 46.1 Å². The summed E-state index contributed by atoms with van der Waals surface area (Å²) in [6.07, 6.45) is 0.967. The normalized spacial score (nSPS) is 17.7. The molecule has 1 aromatic rings. The summed E-state index contributed by atoms with van der Waals surface area (Å²) in [7, 11) is 0. The van der Waals surface area contributed by atoms with Crippen molar-refractivity contribution in [2.45, 2.75) is 26.3 Å². The van der Waals surface area contributed by atoms with E-state index in [0.717, 1.165) is 38.2 Å². The average molecular weight is 352 g/mol. The summed E-state index contributed by atoms with van der Waals surface area (Å²) >= 11 is 3.36. The van der Waals surface area contributed by atoms with Crippen LogP contribution in [0.15, 0.2) is 16.6 Å². The minimum absolute atomic E-state index is 0.150. The van der Waals surface area contributed by atoms with Crippen molar-refractivity contribution in [2.75, 3.05) is 26.2 Å². The molecule has 0 aliphatic carbocycles. The fourth-order valence-electron chi connectivity index (χ4n) is 2.85. The smallest absolute Gasteiger partial charge is 0.134 e. The average Bonchev–Trinajstić information content (AvgIpc) is 2.48. The third-order valence-corrected chi connectivity index (χ3v) is 4.47. The van der Waals surface area contributed by atoms with Gasteiger partial charge in [0, 0.05) is 37.8 Å². The summed E-state index contributed by atoms with van der Waals surface area (Å²) in [6, 6.07) is 5.82. The summed E-state index contributed by atoms with van der Waals surface area (Å²) in [5.74, 6) is 0.784. The van der Waals surface area contributed by atoms with E-state index < -0.39 is 0 Å². The third-order valence-electron chi connectivity index (χ3n) is 3.87. The third kappa shape index (κ3) is 3.97. The predicted octanol–water partition coefficient (Wildman–Crippen LogP) is 3.02. The van der Waals surface area contributed by atoms with E-state index in [9.17, 15) is 10.4 Å². The lowest BCUT2D eigenvalue weighted by atomic mass is 9.93. The highest BCUT2D eigenvalue weighted by molar-refractivity contribution is 9.10. The highest BCUT2D eigenvalue weighted by atomic mass is 79.9. The lowest BCUT2D eigenvalue weighted by Gasteiger charge is -2.36. The Kier molecular flexibility index (Phi) is 5.63. The van der Waals surface area contributed by atoms with E-state index >= 15 is 0 Å². The van der Waals surface area contributed by atoms with E-state index in [-0.39, 0.29) is 11.8 Å². The van der Waals surface area contributed by atoms with Crippen LogP contribution >= 0.6 is 15.9 Å². The number of halogens is 1. The van der Waals surface area contributed by atoms with Crippen LogP contribution < -0.4 is 5.32 Å². The van der Waals surface area contributed by atoms with E-state index in [1.807, 2.05) is 6.07 Å². The standard InChI is InChI=1S/C16H22BrN3O/c1-11(2)7-15(20-5-3-19-4-6-20)13-8-12(10-18)9-14(17)16(13)21/h8-9,11,15,19,21H,3-7H2,1-2H3/t15-/m1/s1. The fourth-order valence-corrected chi connectivity index (χ4v) is 3.33. The quantitative estimate of drug-likeness (QED) is 0.875. The van der Waals surface area contributed by atoms with Gasteiger partial charge in [0.15, 0.2) is 0 Å². The number of hydrogen-bond acceptors (Lipinski definition) is 4. The van der Waals surface area contributed by atoms with Crippen LogP contribution in [-0.4, -0.2) is 36.2 Å². The maximum atomic E-state index is 10.4. The molecule has 1 aromatic carbocycles. The Hall–Kier alpha value is -1.09. The lowest BCUT2D eigenvalue weighted by molar-refractivity contribution is 0.151. The molecule has 2 N–H and O–H groups in total. The van der Waals surface area contributed by atoms with Gasteiger partial charge in [0.05, 0.1) is 16.1 Å². The first-order valence-corrected chi connectivity index (χ1v) is 8.19. The van der Waals surface area contributed by atoms with Crippen LogP contribution in [0.4, 0.5) is 0 Å². The Morgan fingerprint density at radius 2 is 2.05 bits per heavy atom. The van der Waals surface area contributed by atoms with Crippen molar-refractivity contribution in [3.8, 4) is 11.8 Å². The Morgan fingerprint density at radius 1 is 1.38 bits per heavy atom. The number of piperazine rings is 1. The van der Waals surface area contributed by atoms with Gasteiger partial charge in [-0.05, 0) is 40.4 Å². The van der Waals surface area contributed by atoms with Gasteiger partial charge in [0.2, 0.25) is 0 Å². The van der Waals surface area contributed by atoms with Crippen molar-refractivity contribution in [1.29, 1.82) is 5.26 Å². The second-order valence-electron chi connectivity index (χ2n) is 5.94. The van der Waals surface area contributed by atoms with Gasteiger partial charge in [0.25, 0.3) is 0 Å². The molecular weight excluding hydrogens is 330 g/mol. The molecular formula is C16H22BrN3O. The molecule has 114 valence electrons. The zero-order valence-electron chi connectivity index (χ0n) is 12.6. The first-order chi connectivity index (χ1) is 10.0. The van der Waals surface area contributed by atoms with E-state index in [1.165, 1.54) is 0 Å². The summed E-state index contributed by atoms with van der Waals surface area (Å²) in [6.45, 7) is 8.24. The maximum Gasteiger partial charge on any atom is 0.134 e. The number of nitrogens with one attached hydrogen (secondary N) is 1. The molecule has 1 aliphatic rings. The predicted molar refractivity (Wildman–Crippen MR) is 87.2 cm³/mol. The van der Waals surface area contributed by atoms with E-state index in [4.69, 9.17) is 0 Å². The minimum Gasteiger partial charge on any atom is -0.506 e. The summed E-state index contributed by atoms with van der Waals surface area (Å²) < 4.78 is 0.598. The number of rotatable bonds is 4. The molecule has 0 spiro atoms. The Labute approximate surface area is 134 Å². The molecule has 5 heteroatoms. The van der Waals surface area contributed by atoms with E-state index in [1.54, 1.807) is 6.07 Å². The van der Waals surface area contributed by atoms with Crippen LogP contribution in [0.3, 0.4) is 0 Å². The van der Waals surface area contributed by atoms with Gasteiger partial charge in [-0.25, -0.2) is 0 Å². The number of phenols is 1. The molecule has 1 heterocycles. The molecule has 0 aromatic heterocycles. The molecule has 0 unspecified atom stereocenters. The zero-order chi connectivity index (χ0) is 15.4. The van der Waals surface area contributed by atoms with Crippen molar-refractivity contribution in [1.82, 2.24) is 10.2 Å². The molecule has 21 heavy (non-hydrogen) atoms. The molecule has 2 rings (SSSR count). The summed E-state index contributed by atoms with van der Waals surface area (Å²) in [5.41, 5.74) is 1.44. The molecule has 4 nitrogen and oxygen atoms in total. The summed E-state index contributed by atoms with van der Waals surface area (Å²) in [4.78, 5) is 2.40. The van der Waals surface area contributed by atoms with Crippen LogP contribution in [0.2, 0.25) is 0 Å². The van der Waals surface area contributed by atoms with Crippen molar-refractivity contribution in [3.63, 3.8) is 0 Å². The van der Waals surface area contributed by atoms with Crippen LogP contribution in [-0.2, 0) is 0 Å². The SMILES string of the molecule is CC(C)C[C@H](c1cc(C#N)cc(Br)c1O)N1CCNCC1. The van der Waals surface area contributed by atoms with Crippen molar-refractivity contribution < 1.29 is 5.11 Å². The largest absolute Gasteiger partial charge is 0.506 e. The Bertz CT molecular complexity index is 533. The fraction of sp³-hybridized carbons (Fsp3) is 0.562.